The number of aliphatic hydroxyl groups is 1. The summed E-state index contributed by atoms with van der Waals surface area (Å²) in [5.41, 5.74) is 0.746. The van der Waals surface area contributed by atoms with Crippen LogP contribution in [-0.4, -0.2) is 33.3 Å². The van der Waals surface area contributed by atoms with Crippen molar-refractivity contribution in [3.8, 4) is 5.75 Å². The summed E-state index contributed by atoms with van der Waals surface area (Å²) in [5, 5.41) is 19.9. The molecule has 0 radical (unpaired) electrons. The Kier molecular flexibility index (Phi) is 6.62. The van der Waals surface area contributed by atoms with Crippen LogP contribution in [0.4, 0.5) is 0 Å². The number of nitrogens with zero attached hydrogens (tertiary/aromatic N) is 1. The Morgan fingerprint density at radius 2 is 1.80 bits per heavy atom. The van der Waals surface area contributed by atoms with Gasteiger partial charge in [-0.15, -0.1) is 0 Å². The van der Waals surface area contributed by atoms with Crippen LogP contribution in [0.1, 0.15) is 64.0 Å². The van der Waals surface area contributed by atoms with E-state index in [0.717, 1.165) is 19.3 Å². The molecule has 0 saturated heterocycles. The van der Waals surface area contributed by atoms with Crippen LogP contribution < -0.4 is 0 Å². The van der Waals surface area contributed by atoms with Crippen molar-refractivity contribution < 1.29 is 19.8 Å². The van der Waals surface area contributed by atoms with Crippen LogP contribution in [0.25, 0.3) is 0 Å². The number of aliphatic hydroxyl groups excluding tert-OH is 1. The molecule has 1 amide bonds. The Morgan fingerprint density at radius 1 is 1.12 bits per heavy atom. The van der Waals surface area contributed by atoms with Crippen molar-refractivity contribution in [3.63, 3.8) is 0 Å². The minimum atomic E-state index is -0.632. The van der Waals surface area contributed by atoms with Crippen molar-refractivity contribution in [1.29, 1.82) is 0 Å². The summed E-state index contributed by atoms with van der Waals surface area (Å²) in [7, 11) is 0. The minimum Gasteiger partial charge on any atom is -0.508 e. The molecule has 0 aliphatic carbocycles. The molecule has 0 saturated carbocycles. The smallest absolute Gasteiger partial charge is 0.290 e. The van der Waals surface area contributed by atoms with Crippen molar-refractivity contribution in [2.45, 2.75) is 58.4 Å². The first-order chi connectivity index (χ1) is 12.0. The lowest BCUT2D eigenvalue weighted by Gasteiger charge is -2.26. The van der Waals surface area contributed by atoms with Gasteiger partial charge in [-0.1, -0.05) is 51.2 Å². The molecular weight excluding hydrogens is 318 g/mol. The lowest BCUT2D eigenvalue weighted by Crippen LogP contribution is -2.32. The van der Waals surface area contributed by atoms with Crippen molar-refractivity contribution in [2.24, 2.45) is 0 Å². The van der Waals surface area contributed by atoms with Crippen LogP contribution in [0, 0.1) is 0 Å². The largest absolute Gasteiger partial charge is 0.508 e. The predicted octanol–water partition coefficient (Wildman–Crippen LogP) is 4.04. The second-order valence-electron chi connectivity index (χ2n) is 6.58. The van der Waals surface area contributed by atoms with Crippen molar-refractivity contribution in [1.82, 2.24) is 4.90 Å². The monoisotopic (exact) mass is 345 g/mol. The van der Waals surface area contributed by atoms with E-state index >= 15 is 0 Å². The molecule has 2 rings (SSSR count). The molecular formula is C20H27NO4. The van der Waals surface area contributed by atoms with Gasteiger partial charge in [0.1, 0.15) is 5.75 Å². The van der Waals surface area contributed by atoms with E-state index in [4.69, 9.17) is 0 Å². The predicted molar refractivity (Wildman–Crippen MR) is 96.3 cm³/mol. The molecule has 1 heterocycles. The van der Waals surface area contributed by atoms with E-state index < -0.39 is 17.7 Å². The molecule has 0 aromatic heterocycles. The van der Waals surface area contributed by atoms with Crippen LogP contribution in [0.5, 0.6) is 5.75 Å². The topological polar surface area (TPSA) is 77.8 Å². The summed E-state index contributed by atoms with van der Waals surface area (Å²) in [4.78, 5) is 26.0. The van der Waals surface area contributed by atoms with Gasteiger partial charge in [-0.05, 0) is 31.0 Å². The lowest BCUT2D eigenvalue weighted by molar-refractivity contribution is -0.129. The van der Waals surface area contributed by atoms with Gasteiger partial charge in [0.2, 0.25) is 0 Å². The van der Waals surface area contributed by atoms with Gasteiger partial charge in [0.25, 0.3) is 5.91 Å². The van der Waals surface area contributed by atoms with Gasteiger partial charge < -0.3 is 15.1 Å². The third-order valence-electron chi connectivity index (χ3n) is 4.62. The summed E-state index contributed by atoms with van der Waals surface area (Å²) in [6.45, 7) is 4.00. The average molecular weight is 345 g/mol. The first-order valence-electron chi connectivity index (χ1n) is 9.01. The lowest BCUT2D eigenvalue weighted by atomic mass is 9.96. The third kappa shape index (κ3) is 4.41. The molecule has 0 bridgehead atoms. The number of ketones is 1. The number of phenolic OH excluding ortho intramolecular Hbond substituents is 1. The number of hydrogen-bond donors (Lipinski definition) is 2. The summed E-state index contributed by atoms with van der Waals surface area (Å²) >= 11 is 0. The van der Waals surface area contributed by atoms with Gasteiger partial charge in [0.15, 0.2) is 11.5 Å². The van der Waals surface area contributed by atoms with Gasteiger partial charge >= 0.3 is 0 Å². The maximum absolute atomic E-state index is 12.5. The third-order valence-corrected chi connectivity index (χ3v) is 4.62. The van der Waals surface area contributed by atoms with E-state index in [0.29, 0.717) is 12.1 Å². The van der Waals surface area contributed by atoms with E-state index in [2.05, 4.69) is 6.92 Å². The zero-order chi connectivity index (χ0) is 18.4. The molecule has 1 aromatic carbocycles. The molecule has 25 heavy (non-hydrogen) atoms. The SMILES string of the molecule is CCCCCCCCN1C(=O)C(O)=C(C(C)=O)C1c1cccc(O)c1. The highest BCUT2D eigenvalue weighted by Crippen LogP contribution is 2.38. The molecule has 1 aliphatic heterocycles. The average Bonchev–Trinajstić information content (AvgIpc) is 2.83. The van der Waals surface area contributed by atoms with Crippen LogP contribution in [0.15, 0.2) is 35.6 Å². The molecule has 136 valence electrons. The highest BCUT2D eigenvalue weighted by molar-refractivity contribution is 6.08. The Bertz CT molecular complexity index is 665. The number of rotatable bonds is 9. The van der Waals surface area contributed by atoms with Crippen molar-refractivity contribution in [2.75, 3.05) is 6.54 Å². The van der Waals surface area contributed by atoms with Gasteiger partial charge in [0.05, 0.1) is 11.6 Å². The van der Waals surface area contributed by atoms with Crippen LogP contribution in [-0.2, 0) is 9.59 Å². The fourth-order valence-electron chi connectivity index (χ4n) is 3.35. The zero-order valence-electron chi connectivity index (χ0n) is 15.0. The fourth-order valence-corrected chi connectivity index (χ4v) is 3.35. The fraction of sp³-hybridized carbons (Fsp3) is 0.500. The number of Topliss-reactive ketones (excluding diaryl/α,β-unsaturated/α-hetero) is 1. The molecule has 1 atom stereocenters. The van der Waals surface area contributed by atoms with Crippen molar-refractivity contribution in [3.05, 3.63) is 41.2 Å². The Balaban J connectivity index is 2.16. The first kappa shape index (κ1) is 19.0. The molecule has 5 nitrogen and oxygen atoms in total. The van der Waals surface area contributed by atoms with E-state index in [-0.39, 0.29) is 17.1 Å². The summed E-state index contributed by atoms with van der Waals surface area (Å²) in [6, 6.07) is 5.87. The first-order valence-corrected chi connectivity index (χ1v) is 9.01. The maximum atomic E-state index is 12.5. The number of amides is 1. The standard InChI is InChI=1S/C20H27NO4/c1-3-4-5-6-7-8-12-21-18(15-10-9-11-16(23)13-15)17(14(2)22)19(24)20(21)25/h9-11,13,18,23-24H,3-8,12H2,1-2H3. The summed E-state index contributed by atoms with van der Waals surface area (Å²) in [6.07, 6.45) is 6.53. The van der Waals surface area contributed by atoms with E-state index in [9.17, 15) is 19.8 Å². The molecule has 1 unspecified atom stereocenters. The number of carbonyl (C=O) groups excluding carboxylic acids is 2. The number of phenols is 1. The van der Waals surface area contributed by atoms with Crippen LogP contribution >= 0.6 is 0 Å². The molecule has 1 aliphatic rings. The number of benzene rings is 1. The quantitative estimate of drug-likeness (QED) is 0.662. The zero-order valence-corrected chi connectivity index (χ0v) is 15.0. The number of unbranched alkanes of at least 4 members (excludes halogenated alkanes) is 5. The number of aromatic hydroxyl groups is 1. The van der Waals surface area contributed by atoms with E-state index in [1.807, 2.05) is 0 Å². The van der Waals surface area contributed by atoms with Crippen LogP contribution in [0.3, 0.4) is 0 Å². The molecule has 1 aromatic rings. The Labute approximate surface area is 149 Å². The molecule has 5 heteroatoms. The van der Waals surface area contributed by atoms with E-state index in [1.54, 1.807) is 17.0 Å². The minimum absolute atomic E-state index is 0.0683. The second-order valence-corrected chi connectivity index (χ2v) is 6.58. The number of carbonyl (C=O) groups is 2. The van der Waals surface area contributed by atoms with Gasteiger partial charge in [-0.3, -0.25) is 9.59 Å². The van der Waals surface area contributed by atoms with Crippen LogP contribution in [0.2, 0.25) is 0 Å². The highest BCUT2D eigenvalue weighted by Gasteiger charge is 2.41. The van der Waals surface area contributed by atoms with Gasteiger partial charge in [0, 0.05) is 6.54 Å². The summed E-state index contributed by atoms with van der Waals surface area (Å²) < 4.78 is 0. The van der Waals surface area contributed by atoms with Gasteiger partial charge in [-0.2, -0.15) is 0 Å². The maximum Gasteiger partial charge on any atom is 0.290 e. The molecule has 2 N–H and O–H groups in total. The molecule has 0 spiro atoms. The Hall–Kier alpha value is -2.30. The second kappa shape index (κ2) is 8.70. The normalized spacial score (nSPS) is 17.4. The van der Waals surface area contributed by atoms with Crippen molar-refractivity contribution >= 4 is 11.7 Å². The number of hydrogen-bond acceptors (Lipinski definition) is 4. The summed E-state index contributed by atoms with van der Waals surface area (Å²) in [5.74, 6) is -1.23. The molecule has 0 fully saturated rings. The van der Waals surface area contributed by atoms with Gasteiger partial charge in [-0.25, -0.2) is 0 Å². The van der Waals surface area contributed by atoms with E-state index in [1.165, 1.54) is 38.3 Å². The Morgan fingerprint density at radius 3 is 2.44 bits per heavy atom. The highest BCUT2D eigenvalue weighted by atomic mass is 16.3.